The van der Waals surface area contributed by atoms with Crippen molar-refractivity contribution in [1.29, 1.82) is 0 Å². The zero-order valence-electron chi connectivity index (χ0n) is 15.5. The molecule has 4 rings (SSSR count). The minimum absolute atomic E-state index is 0.0466. The van der Waals surface area contributed by atoms with Gasteiger partial charge in [0.2, 0.25) is 0 Å². The molecule has 1 aliphatic rings. The molecular weight excluding hydrogens is 364 g/mol. The Balaban J connectivity index is 1.60. The van der Waals surface area contributed by atoms with E-state index in [1.165, 1.54) is 23.4 Å². The number of aryl methyl sites for hydroxylation is 2. The minimum Gasteiger partial charge on any atom is -0.305 e. The summed E-state index contributed by atoms with van der Waals surface area (Å²) in [7, 11) is 0. The molecule has 2 heterocycles. The Labute approximate surface area is 161 Å². The second kappa shape index (κ2) is 7.53. The molecule has 6 nitrogen and oxygen atoms in total. The van der Waals surface area contributed by atoms with Crippen molar-refractivity contribution >= 4 is 11.7 Å². The Hall–Kier alpha value is -3.03. The number of nitrogens with one attached hydrogen (secondary N) is 1. The Morgan fingerprint density at radius 3 is 2.96 bits per heavy atom. The summed E-state index contributed by atoms with van der Waals surface area (Å²) in [6.07, 6.45) is 3.60. The Kier molecular flexibility index (Phi) is 4.93. The van der Waals surface area contributed by atoms with E-state index in [4.69, 9.17) is 0 Å². The van der Waals surface area contributed by atoms with Gasteiger partial charge >= 0.3 is 0 Å². The Morgan fingerprint density at radius 2 is 2.14 bits per heavy atom. The summed E-state index contributed by atoms with van der Waals surface area (Å²) in [5.74, 6) is 0.164. The summed E-state index contributed by atoms with van der Waals surface area (Å²) >= 11 is 0. The van der Waals surface area contributed by atoms with E-state index in [2.05, 4.69) is 27.6 Å². The Morgan fingerprint density at radius 1 is 1.32 bits per heavy atom. The van der Waals surface area contributed by atoms with Crippen molar-refractivity contribution in [3.8, 4) is 0 Å². The largest absolute Gasteiger partial charge is 0.305 e. The molecule has 8 heteroatoms. The lowest BCUT2D eigenvalue weighted by atomic mass is 9.88. The second-order valence-electron chi connectivity index (χ2n) is 7.00. The molecule has 28 heavy (non-hydrogen) atoms. The van der Waals surface area contributed by atoms with Gasteiger partial charge in [0.25, 0.3) is 12.3 Å². The molecule has 2 aromatic heterocycles. The van der Waals surface area contributed by atoms with Crippen molar-refractivity contribution in [2.45, 2.75) is 45.2 Å². The van der Waals surface area contributed by atoms with Crippen molar-refractivity contribution < 1.29 is 13.6 Å². The molecule has 0 saturated carbocycles. The maximum Gasteiger partial charge on any atom is 0.277 e. The zero-order valence-corrected chi connectivity index (χ0v) is 15.5. The van der Waals surface area contributed by atoms with Gasteiger partial charge in [-0.1, -0.05) is 24.3 Å². The van der Waals surface area contributed by atoms with Crippen LogP contribution in [0.5, 0.6) is 0 Å². The third-order valence-corrected chi connectivity index (χ3v) is 5.04. The van der Waals surface area contributed by atoms with E-state index in [-0.39, 0.29) is 11.7 Å². The fourth-order valence-corrected chi connectivity index (χ4v) is 3.72. The molecule has 3 aromatic rings. The average Bonchev–Trinajstić information content (AvgIpc) is 3.28. The number of hydrogen-bond donors (Lipinski definition) is 1. The van der Waals surface area contributed by atoms with Gasteiger partial charge in [0, 0.05) is 11.8 Å². The van der Waals surface area contributed by atoms with E-state index < -0.39 is 18.9 Å². The first-order valence-corrected chi connectivity index (χ1v) is 9.28. The van der Waals surface area contributed by atoms with Gasteiger partial charge in [-0.25, -0.2) is 13.5 Å². The van der Waals surface area contributed by atoms with Gasteiger partial charge < -0.3 is 5.32 Å². The molecular formula is C20H21F2N5O. The fourth-order valence-electron chi connectivity index (χ4n) is 3.72. The van der Waals surface area contributed by atoms with Crippen LogP contribution >= 0.6 is 0 Å². The molecule has 1 atom stereocenters. The molecule has 1 unspecified atom stereocenters. The molecule has 0 spiro atoms. The summed E-state index contributed by atoms with van der Waals surface area (Å²) in [4.78, 5) is 12.6. The van der Waals surface area contributed by atoms with Crippen molar-refractivity contribution in [1.82, 2.24) is 19.6 Å². The number of rotatable bonds is 5. The average molecular weight is 385 g/mol. The summed E-state index contributed by atoms with van der Waals surface area (Å²) in [5, 5.41) is 11.3. The van der Waals surface area contributed by atoms with Crippen LogP contribution in [-0.4, -0.2) is 31.9 Å². The van der Waals surface area contributed by atoms with Crippen LogP contribution in [0.3, 0.4) is 0 Å². The number of benzene rings is 1. The van der Waals surface area contributed by atoms with E-state index in [9.17, 15) is 13.6 Å². The van der Waals surface area contributed by atoms with Crippen LogP contribution in [0.4, 0.5) is 14.6 Å². The van der Waals surface area contributed by atoms with Crippen molar-refractivity contribution in [3.05, 3.63) is 65.1 Å². The summed E-state index contributed by atoms with van der Waals surface area (Å²) < 4.78 is 27.9. The first-order valence-electron chi connectivity index (χ1n) is 9.28. The smallest absolute Gasteiger partial charge is 0.277 e. The highest BCUT2D eigenvalue weighted by atomic mass is 19.3. The number of alkyl halides is 2. The van der Waals surface area contributed by atoms with Gasteiger partial charge in [0.05, 0.1) is 12.2 Å². The molecule has 0 bridgehead atoms. The van der Waals surface area contributed by atoms with Crippen LogP contribution in [-0.2, 0) is 13.0 Å². The standard InChI is InChI=1S/C20H21F2N5O/c1-13-11-23-27(17-8-4-6-14-5-2-3-7-15(14)17)19(13)24-20(28)16-9-10-26(25-16)12-18(21)22/h2-3,5,7,9-11,17-18H,4,6,8,12H2,1H3,(H,24,28). The number of anilines is 1. The number of amides is 1. The molecule has 146 valence electrons. The van der Waals surface area contributed by atoms with Crippen molar-refractivity contribution in [2.75, 3.05) is 5.32 Å². The molecule has 1 amide bonds. The predicted octanol–water partition coefficient (Wildman–Crippen LogP) is 3.83. The predicted molar refractivity (Wildman–Crippen MR) is 101 cm³/mol. The quantitative estimate of drug-likeness (QED) is 0.726. The number of carbonyl (C=O) groups is 1. The molecule has 0 radical (unpaired) electrons. The molecule has 1 N–H and O–H groups in total. The first kappa shape index (κ1) is 18.3. The molecule has 0 saturated heterocycles. The number of nitrogens with zero attached hydrogens (tertiary/aromatic N) is 4. The molecule has 1 aromatic carbocycles. The minimum atomic E-state index is -2.52. The van der Waals surface area contributed by atoms with E-state index >= 15 is 0 Å². The van der Waals surface area contributed by atoms with Gasteiger partial charge in [0.1, 0.15) is 12.4 Å². The fraction of sp³-hybridized carbons (Fsp3) is 0.350. The molecule has 0 aliphatic heterocycles. The number of aromatic nitrogens is 4. The van der Waals surface area contributed by atoms with E-state index in [1.54, 1.807) is 6.20 Å². The van der Waals surface area contributed by atoms with Gasteiger partial charge in [-0.15, -0.1) is 0 Å². The third kappa shape index (κ3) is 3.54. The summed E-state index contributed by atoms with van der Waals surface area (Å²) in [5.41, 5.74) is 3.45. The SMILES string of the molecule is Cc1cnn(C2CCCc3ccccc32)c1NC(=O)c1ccn(CC(F)F)n1. The van der Waals surface area contributed by atoms with Gasteiger partial charge in [-0.2, -0.15) is 10.2 Å². The monoisotopic (exact) mass is 385 g/mol. The van der Waals surface area contributed by atoms with Crippen LogP contribution in [0.1, 0.15) is 46.1 Å². The van der Waals surface area contributed by atoms with Crippen LogP contribution in [0.25, 0.3) is 0 Å². The van der Waals surface area contributed by atoms with Crippen LogP contribution < -0.4 is 5.32 Å². The Bertz CT molecular complexity index is 994. The maximum atomic E-state index is 12.6. The number of halogens is 2. The molecule has 0 fully saturated rings. The topological polar surface area (TPSA) is 64.7 Å². The van der Waals surface area contributed by atoms with E-state index in [0.29, 0.717) is 5.82 Å². The lowest BCUT2D eigenvalue weighted by Crippen LogP contribution is -2.23. The number of fused-ring (bicyclic) bond motifs is 1. The highest BCUT2D eigenvalue weighted by Crippen LogP contribution is 2.35. The summed E-state index contributed by atoms with van der Waals surface area (Å²) in [6, 6.07) is 9.77. The highest BCUT2D eigenvalue weighted by molar-refractivity contribution is 6.02. The third-order valence-electron chi connectivity index (χ3n) is 5.04. The lowest BCUT2D eigenvalue weighted by Gasteiger charge is -2.27. The van der Waals surface area contributed by atoms with Gasteiger partial charge in [-0.05, 0) is 43.4 Å². The summed E-state index contributed by atoms with van der Waals surface area (Å²) in [6.45, 7) is 1.34. The van der Waals surface area contributed by atoms with Crippen LogP contribution in [0.15, 0.2) is 42.7 Å². The first-order chi connectivity index (χ1) is 13.5. The zero-order chi connectivity index (χ0) is 19.7. The highest BCUT2D eigenvalue weighted by Gasteiger charge is 2.25. The van der Waals surface area contributed by atoms with Gasteiger partial charge in [-0.3, -0.25) is 9.48 Å². The number of carbonyl (C=O) groups excluding carboxylic acids is 1. The second-order valence-corrected chi connectivity index (χ2v) is 7.00. The van der Waals surface area contributed by atoms with E-state index in [1.807, 2.05) is 23.7 Å². The number of hydrogen-bond acceptors (Lipinski definition) is 3. The molecule has 1 aliphatic carbocycles. The van der Waals surface area contributed by atoms with Crippen molar-refractivity contribution in [3.63, 3.8) is 0 Å². The lowest BCUT2D eigenvalue weighted by molar-refractivity contribution is 0.101. The van der Waals surface area contributed by atoms with Crippen LogP contribution in [0.2, 0.25) is 0 Å². The van der Waals surface area contributed by atoms with Crippen LogP contribution in [0, 0.1) is 6.92 Å². The van der Waals surface area contributed by atoms with Gasteiger partial charge in [0.15, 0.2) is 5.69 Å². The van der Waals surface area contributed by atoms with E-state index in [0.717, 1.165) is 29.5 Å². The normalized spacial score (nSPS) is 16.2. The maximum absolute atomic E-state index is 12.6. The van der Waals surface area contributed by atoms with Crippen molar-refractivity contribution in [2.24, 2.45) is 0 Å².